The lowest BCUT2D eigenvalue weighted by Gasteiger charge is -2.13. The molecule has 17 heavy (non-hydrogen) atoms. The van der Waals surface area contributed by atoms with E-state index in [1.165, 1.54) is 0 Å². The Labute approximate surface area is 102 Å². The Hall–Kier alpha value is -1.71. The van der Waals surface area contributed by atoms with Crippen molar-refractivity contribution in [2.75, 3.05) is 13.7 Å². The highest BCUT2D eigenvalue weighted by Gasteiger charge is 2.11. The van der Waals surface area contributed by atoms with Crippen molar-refractivity contribution in [3.8, 4) is 11.5 Å². The molecule has 0 fully saturated rings. The minimum atomic E-state index is -0.0131. The summed E-state index contributed by atoms with van der Waals surface area (Å²) < 4.78 is 10.9. The van der Waals surface area contributed by atoms with E-state index in [4.69, 9.17) is 20.6 Å². The molecule has 0 heterocycles. The van der Waals surface area contributed by atoms with Gasteiger partial charge in [0.2, 0.25) is 0 Å². The third-order valence-corrected chi connectivity index (χ3v) is 2.48. The van der Waals surface area contributed by atoms with Crippen LogP contribution in [-0.2, 0) is 0 Å². The molecular weight excluding hydrogens is 216 g/mol. The number of unbranched alkanes of at least 4 members (excludes halogenated alkanes) is 2. The zero-order valence-electron chi connectivity index (χ0n) is 10.5. The molecule has 0 saturated heterocycles. The number of para-hydroxylation sites is 1. The molecule has 0 atom stereocenters. The Bertz CT molecular complexity index is 378. The van der Waals surface area contributed by atoms with E-state index in [2.05, 4.69) is 6.92 Å². The highest BCUT2D eigenvalue weighted by molar-refractivity contribution is 5.98. The van der Waals surface area contributed by atoms with Crippen molar-refractivity contribution >= 4 is 5.84 Å². The summed E-state index contributed by atoms with van der Waals surface area (Å²) in [5, 5.41) is 7.46. The standard InChI is InChI=1S/C13H20N2O2/c1-3-4-5-9-17-11-8-6-7-10(13(14)15)12(11)16-2/h6-8H,3-5,9H2,1-2H3,(H3,14,15). The van der Waals surface area contributed by atoms with Crippen LogP contribution in [-0.4, -0.2) is 19.6 Å². The summed E-state index contributed by atoms with van der Waals surface area (Å²) in [6.45, 7) is 2.81. The van der Waals surface area contributed by atoms with Crippen LogP contribution in [0.4, 0.5) is 0 Å². The minimum Gasteiger partial charge on any atom is -0.492 e. The van der Waals surface area contributed by atoms with Gasteiger partial charge in [-0.3, -0.25) is 5.41 Å². The first-order valence-electron chi connectivity index (χ1n) is 5.84. The Kier molecular flexibility index (Phi) is 5.33. The van der Waals surface area contributed by atoms with E-state index in [0.29, 0.717) is 23.7 Å². The topological polar surface area (TPSA) is 68.3 Å². The van der Waals surface area contributed by atoms with Crippen LogP contribution in [0.1, 0.15) is 31.7 Å². The molecule has 0 aliphatic carbocycles. The third kappa shape index (κ3) is 3.66. The van der Waals surface area contributed by atoms with Gasteiger partial charge in [-0.1, -0.05) is 25.8 Å². The summed E-state index contributed by atoms with van der Waals surface area (Å²) in [7, 11) is 1.56. The Morgan fingerprint density at radius 1 is 1.35 bits per heavy atom. The van der Waals surface area contributed by atoms with Gasteiger partial charge in [-0.05, 0) is 18.6 Å². The zero-order chi connectivity index (χ0) is 12.7. The molecule has 4 heteroatoms. The Balaban J connectivity index is 2.77. The molecule has 0 unspecified atom stereocenters. The number of amidine groups is 1. The third-order valence-electron chi connectivity index (χ3n) is 2.48. The summed E-state index contributed by atoms with van der Waals surface area (Å²) in [6.07, 6.45) is 3.33. The van der Waals surface area contributed by atoms with Crippen molar-refractivity contribution in [1.29, 1.82) is 5.41 Å². The molecule has 0 spiro atoms. The first-order chi connectivity index (χ1) is 8.20. The van der Waals surface area contributed by atoms with Crippen molar-refractivity contribution < 1.29 is 9.47 Å². The summed E-state index contributed by atoms with van der Waals surface area (Å²) in [6, 6.07) is 5.39. The lowest BCUT2D eigenvalue weighted by molar-refractivity contribution is 0.286. The molecule has 0 saturated carbocycles. The number of methoxy groups -OCH3 is 1. The van der Waals surface area contributed by atoms with Crippen LogP contribution >= 0.6 is 0 Å². The number of nitrogens with one attached hydrogen (secondary N) is 1. The van der Waals surface area contributed by atoms with Crippen LogP contribution in [0.15, 0.2) is 18.2 Å². The molecular formula is C13H20N2O2. The molecule has 0 radical (unpaired) electrons. The van der Waals surface area contributed by atoms with Gasteiger partial charge in [-0.2, -0.15) is 0 Å². The molecule has 1 aromatic rings. The first-order valence-corrected chi connectivity index (χ1v) is 5.84. The van der Waals surface area contributed by atoms with E-state index < -0.39 is 0 Å². The van der Waals surface area contributed by atoms with E-state index in [0.717, 1.165) is 19.3 Å². The van der Waals surface area contributed by atoms with E-state index in [-0.39, 0.29) is 5.84 Å². The summed E-state index contributed by atoms with van der Waals surface area (Å²) in [5.41, 5.74) is 6.05. The maximum absolute atomic E-state index is 7.46. The van der Waals surface area contributed by atoms with E-state index in [1.54, 1.807) is 13.2 Å². The fourth-order valence-corrected chi connectivity index (χ4v) is 1.59. The van der Waals surface area contributed by atoms with Gasteiger partial charge in [-0.15, -0.1) is 0 Å². The summed E-state index contributed by atoms with van der Waals surface area (Å²) >= 11 is 0. The van der Waals surface area contributed by atoms with Crippen molar-refractivity contribution in [2.24, 2.45) is 5.73 Å². The molecule has 0 bridgehead atoms. The maximum Gasteiger partial charge on any atom is 0.171 e. The summed E-state index contributed by atoms with van der Waals surface area (Å²) in [4.78, 5) is 0. The summed E-state index contributed by atoms with van der Waals surface area (Å²) in [5.74, 6) is 1.17. The number of nitrogen functional groups attached to an aromatic ring is 1. The Morgan fingerprint density at radius 3 is 2.71 bits per heavy atom. The quantitative estimate of drug-likeness (QED) is 0.434. The number of rotatable bonds is 7. The predicted octanol–water partition coefficient (Wildman–Crippen LogP) is 2.55. The van der Waals surface area contributed by atoms with Crippen LogP contribution in [0.3, 0.4) is 0 Å². The highest BCUT2D eigenvalue weighted by atomic mass is 16.5. The van der Waals surface area contributed by atoms with Crippen molar-refractivity contribution in [3.05, 3.63) is 23.8 Å². The van der Waals surface area contributed by atoms with Gasteiger partial charge in [0.15, 0.2) is 11.5 Å². The average molecular weight is 236 g/mol. The number of nitrogens with two attached hydrogens (primary N) is 1. The monoisotopic (exact) mass is 236 g/mol. The van der Waals surface area contributed by atoms with Gasteiger partial charge in [0, 0.05) is 0 Å². The molecule has 0 amide bonds. The number of benzene rings is 1. The fraction of sp³-hybridized carbons (Fsp3) is 0.462. The van der Waals surface area contributed by atoms with Crippen LogP contribution in [0.2, 0.25) is 0 Å². The number of hydrogen-bond acceptors (Lipinski definition) is 3. The van der Waals surface area contributed by atoms with Crippen molar-refractivity contribution in [2.45, 2.75) is 26.2 Å². The van der Waals surface area contributed by atoms with Gasteiger partial charge in [0.1, 0.15) is 5.84 Å². The largest absolute Gasteiger partial charge is 0.492 e. The zero-order valence-corrected chi connectivity index (χ0v) is 10.5. The molecule has 0 aromatic heterocycles. The normalized spacial score (nSPS) is 10.0. The van der Waals surface area contributed by atoms with E-state index >= 15 is 0 Å². The van der Waals surface area contributed by atoms with E-state index in [1.807, 2.05) is 12.1 Å². The van der Waals surface area contributed by atoms with Crippen LogP contribution in [0.25, 0.3) is 0 Å². The predicted molar refractivity (Wildman–Crippen MR) is 69.0 cm³/mol. The van der Waals surface area contributed by atoms with Gasteiger partial charge in [0.05, 0.1) is 19.3 Å². The first kappa shape index (κ1) is 13.4. The SMILES string of the molecule is CCCCCOc1cccc(C(=N)N)c1OC. The smallest absolute Gasteiger partial charge is 0.171 e. The molecule has 1 rings (SSSR count). The second-order valence-corrected chi connectivity index (χ2v) is 3.81. The van der Waals surface area contributed by atoms with Gasteiger partial charge in [0.25, 0.3) is 0 Å². The van der Waals surface area contributed by atoms with Gasteiger partial charge >= 0.3 is 0 Å². The lowest BCUT2D eigenvalue weighted by Crippen LogP contribution is -2.13. The second kappa shape index (κ2) is 6.78. The second-order valence-electron chi connectivity index (χ2n) is 3.81. The van der Waals surface area contributed by atoms with Crippen molar-refractivity contribution in [3.63, 3.8) is 0 Å². The van der Waals surface area contributed by atoms with Gasteiger partial charge in [-0.25, -0.2) is 0 Å². The molecule has 1 aromatic carbocycles. The van der Waals surface area contributed by atoms with Crippen LogP contribution < -0.4 is 15.2 Å². The highest BCUT2D eigenvalue weighted by Crippen LogP contribution is 2.30. The lowest BCUT2D eigenvalue weighted by atomic mass is 10.1. The number of hydrogen-bond donors (Lipinski definition) is 2. The molecule has 4 nitrogen and oxygen atoms in total. The van der Waals surface area contributed by atoms with Crippen molar-refractivity contribution in [1.82, 2.24) is 0 Å². The molecule has 3 N–H and O–H groups in total. The molecule has 0 aliphatic heterocycles. The van der Waals surface area contributed by atoms with E-state index in [9.17, 15) is 0 Å². The maximum atomic E-state index is 7.46. The fourth-order valence-electron chi connectivity index (χ4n) is 1.59. The van der Waals surface area contributed by atoms with Crippen LogP contribution in [0.5, 0.6) is 11.5 Å². The minimum absolute atomic E-state index is 0.0131. The number of ether oxygens (including phenoxy) is 2. The van der Waals surface area contributed by atoms with Crippen LogP contribution in [0, 0.1) is 5.41 Å². The van der Waals surface area contributed by atoms with Gasteiger partial charge < -0.3 is 15.2 Å². The Morgan fingerprint density at radius 2 is 2.12 bits per heavy atom. The molecule has 0 aliphatic rings. The average Bonchev–Trinajstić information content (AvgIpc) is 2.34. The molecule has 94 valence electrons.